The number of nitrogens with one attached hydrogen (secondary N) is 1. The molecule has 0 saturated heterocycles. The van der Waals surface area contributed by atoms with Crippen molar-refractivity contribution in [2.24, 2.45) is 0 Å². The van der Waals surface area contributed by atoms with E-state index in [1.807, 2.05) is 42.5 Å². The summed E-state index contributed by atoms with van der Waals surface area (Å²) < 4.78 is 6.17. The normalized spacial score (nSPS) is 10.7. The first-order valence-electron chi connectivity index (χ1n) is 6.10. The molecule has 4 nitrogen and oxygen atoms in total. The monoisotopic (exact) mass is 378 g/mol. The van der Waals surface area contributed by atoms with Crippen molar-refractivity contribution in [3.8, 4) is 0 Å². The van der Waals surface area contributed by atoms with E-state index in [0.29, 0.717) is 17.4 Å². The Hall–Kier alpha value is -1.89. The number of rotatable bonds is 3. The highest BCUT2D eigenvalue weighted by atomic mass is 127. The van der Waals surface area contributed by atoms with Gasteiger partial charge in [0.15, 0.2) is 0 Å². The Bertz CT molecular complexity index is 800. The van der Waals surface area contributed by atoms with Gasteiger partial charge in [0.2, 0.25) is 0 Å². The van der Waals surface area contributed by atoms with Crippen molar-refractivity contribution >= 4 is 39.5 Å². The van der Waals surface area contributed by atoms with E-state index in [4.69, 9.17) is 4.42 Å². The lowest BCUT2D eigenvalue weighted by atomic mass is 10.2. The zero-order chi connectivity index (χ0) is 13.9. The van der Waals surface area contributed by atoms with Crippen molar-refractivity contribution in [1.29, 1.82) is 0 Å². The summed E-state index contributed by atoms with van der Waals surface area (Å²) in [4.78, 5) is 16.2. The number of hydrogen-bond donors (Lipinski definition) is 1. The van der Waals surface area contributed by atoms with Crippen molar-refractivity contribution in [2.75, 3.05) is 5.32 Å². The smallest absolute Gasteiger partial charge is 0.348 e. The Morgan fingerprint density at radius 1 is 1.15 bits per heavy atom. The number of aromatic nitrogens is 1. The van der Waals surface area contributed by atoms with Gasteiger partial charge in [0.05, 0.1) is 10.9 Å². The summed E-state index contributed by atoms with van der Waals surface area (Å²) in [6.45, 7) is 0.562. The molecule has 0 radical (unpaired) electrons. The Morgan fingerprint density at radius 3 is 2.75 bits per heavy atom. The number of benzene rings is 2. The summed E-state index contributed by atoms with van der Waals surface area (Å²) in [5.74, 6) is 0. The fourth-order valence-electron chi connectivity index (χ4n) is 1.89. The Labute approximate surface area is 129 Å². The van der Waals surface area contributed by atoms with Crippen molar-refractivity contribution in [3.05, 3.63) is 68.1 Å². The maximum absolute atomic E-state index is 11.9. The molecule has 100 valence electrons. The molecule has 0 aliphatic rings. The lowest BCUT2D eigenvalue weighted by molar-refractivity contribution is 0.516. The van der Waals surface area contributed by atoms with Crippen LogP contribution < -0.4 is 10.9 Å². The van der Waals surface area contributed by atoms with Crippen molar-refractivity contribution in [1.82, 2.24) is 4.98 Å². The molecule has 0 amide bonds. The molecule has 1 heterocycles. The maximum Gasteiger partial charge on any atom is 0.348 e. The van der Waals surface area contributed by atoms with Crippen LogP contribution >= 0.6 is 22.6 Å². The molecule has 3 rings (SSSR count). The molecule has 5 heteroatoms. The van der Waals surface area contributed by atoms with Gasteiger partial charge in [-0.3, -0.25) is 0 Å². The first kappa shape index (κ1) is 13.1. The average Bonchev–Trinajstić information content (AvgIpc) is 2.47. The van der Waals surface area contributed by atoms with Crippen LogP contribution in [-0.4, -0.2) is 4.98 Å². The summed E-state index contributed by atoms with van der Waals surface area (Å²) in [7, 11) is 0. The maximum atomic E-state index is 11.9. The third kappa shape index (κ3) is 2.82. The van der Waals surface area contributed by atoms with Gasteiger partial charge < -0.3 is 9.73 Å². The van der Waals surface area contributed by atoms with Gasteiger partial charge in [-0.2, -0.15) is 4.98 Å². The second-order valence-corrected chi connectivity index (χ2v) is 5.55. The summed E-state index contributed by atoms with van der Waals surface area (Å²) in [6, 6.07) is 15.6. The molecule has 0 bridgehead atoms. The quantitative estimate of drug-likeness (QED) is 0.710. The largest absolute Gasteiger partial charge is 0.389 e. The second kappa shape index (κ2) is 5.62. The molecule has 0 unspecified atom stereocenters. The van der Waals surface area contributed by atoms with Crippen molar-refractivity contribution in [3.63, 3.8) is 0 Å². The number of hydrogen-bond acceptors (Lipinski definition) is 4. The summed E-state index contributed by atoms with van der Waals surface area (Å²) in [6.07, 6.45) is 0. The summed E-state index contributed by atoms with van der Waals surface area (Å²) >= 11 is 2.15. The minimum atomic E-state index is -0.371. The fourth-order valence-corrected chi connectivity index (χ4v) is 2.38. The van der Waals surface area contributed by atoms with Gasteiger partial charge >= 0.3 is 5.63 Å². The van der Waals surface area contributed by atoms with Gasteiger partial charge in [-0.05, 0) is 46.4 Å². The highest BCUT2D eigenvalue weighted by Crippen LogP contribution is 2.15. The van der Waals surface area contributed by atoms with Gasteiger partial charge in [-0.1, -0.05) is 30.3 Å². The van der Waals surface area contributed by atoms with Crippen molar-refractivity contribution < 1.29 is 4.42 Å². The lowest BCUT2D eigenvalue weighted by Crippen LogP contribution is -2.08. The zero-order valence-corrected chi connectivity index (χ0v) is 12.6. The van der Waals surface area contributed by atoms with Crippen LogP contribution in [0.15, 0.2) is 57.7 Å². The summed E-state index contributed by atoms with van der Waals surface area (Å²) in [5.41, 5.74) is 1.36. The molecule has 0 atom stereocenters. The Morgan fingerprint density at radius 2 is 1.95 bits per heavy atom. The molecule has 1 aromatic heterocycles. The first-order valence-corrected chi connectivity index (χ1v) is 7.18. The summed E-state index contributed by atoms with van der Waals surface area (Å²) in [5, 5.41) is 3.53. The molecule has 1 N–H and O–H groups in total. The van der Waals surface area contributed by atoms with E-state index in [0.717, 1.165) is 9.13 Å². The van der Waals surface area contributed by atoms with Crippen LogP contribution in [0.2, 0.25) is 0 Å². The van der Waals surface area contributed by atoms with Crippen LogP contribution in [0.5, 0.6) is 0 Å². The van der Waals surface area contributed by atoms with E-state index in [2.05, 4.69) is 32.9 Å². The fraction of sp³-hybridized carbons (Fsp3) is 0.0667. The molecule has 0 fully saturated rings. The highest BCUT2D eigenvalue weighted by molar-refractivity contribution is 14.1. The van der Waals surface area contributed by atoms with Gasteiger partial charge in [0.1, 0.15) is 0 Å². The van der Waals surface area contributed by atoms with E-state index in [9.17, 15) is 4.79 Å². The predicted molar refractivity (Wildman–Crippen MR) is 86.8 cm³/mol. The molecule has 20 heavy (non-hydrogen) atoms. The van der Waals surface area contributed by atoms with Gasteiger partial charge in [-0.15, -0.1) is 0 Å². The van der Waals surface area contributed by atoms with E-state index < -0.39 is 0 Å². The van der Waals surface area contributed by atoms with Crippen LogP contribution in [0.25, 0.3) is 10.9 Å². The molecule has 0 saturated carbocycles. The molecule has 0 spiro atoms. The van der Waals surface area contributed by atoms with Crippen LogP contribution in [0, 0.1) is 3.57 Å². The Balaban J connectivity index is 1.89. The lowest BCUT2D eigenvalue weighted by Gasteiger charge is -2.05. The van der Waals surface area contributed by atoms with E-state index in [-0.39, 0.29) is 11.6 Å². The molecule has 2 aromatic carbocycles. The van der Waals surface area contributed by atoms with E-state index in [1.54, 1.807) is 6.07 Å². The number of fused-ring (bicyclic) bond motifs is 1. The van der Waals surface area contributed by atoms with Gasteiger partial charge in [-0.25, -0.2) is 4.79 Å². The van der Waals surface area contributed by atoms with Crippen LogP contribution in [0.4, 0.5) is 6.01 Å². The van der Waals surface area contributed by atoms with Gasteiger partial charge in [0, 0.05) is 10.1 Å². The number of halogens is 1. The average molecular weight is 378 g/mol. The molecule has 3 aromatic rings. The topological polar surface area (TPSA) is 55.1 Å². The van der Waals surface area contributed by atoms with Crippen LogP contribution in [0.1, 0.15) is 5.56 Å². The third-order valence-corrected chi connectivity index (χ3v) is 3.55. The third-order valence-electron chi connectivity index (χ3n) is 2.88. The molecule has 0 aliphatic heterocycles. The van der Waals surface area contributed by atoms with E-state index in [1.165, 1.54) is 0 Å². The number of nitrogens with zero attached hydrogens (tertiary/aromatic N) is 1. The zero-order valence-electron chi connectivity index (χ0n) is 10.5. The van der Waals surface area contributed by atoms with Crippen LogP contribution in [0.3, 0.4) is 0 Å². The minimum Gasteiger partial charge on any atom is -0.389 e. The minimum absolute atomic E-state index is 0.243. The molecular weight excluding hydrogens is 367 g/mol. The number of anilines is 1. The van der Waals surface area contributed by atoms with Crippen LogP contribution in [-0.2, 0) is 6.54 Å². The first-order chi connectivity index (χ1) is 9.72. The molecule has 0 aliphatic carbocycles. The highest BCUT2D eigenvalue weighted by Gasteiger charge is 2.06. The SMILES string of the molecule is O=c1oc(NCc2ccccc2)nc2ccc(I)cc12. The van der Waals surface area contributed by atoms with Crippen molar-refractivity contribution in [2.45, 2.75) is 6.54 Å². The Kier molecular flexibility index (Phi) is 3.68. The molecular formula is C15H11IN2O2. The van der Waals surface area contributed by atoms with Gasteiger partial charge in [0.25, 0.3) is 6.01 Å². The van der Waals surface area contributed by atoms with E-state index >= 15 is 0 Å². The standard InChI is InChI=1S/C15H11IN2O2/c16-11-6-7-13-12(8-11)14(19)20-15(18-13)17-9-10-4-2-1-3-5-10/h1-8H,9H2,(H,17,18). The second-order valence-electron chi connectivity index (χ2n) is 4.31. The predicted octanol–water partition coefficient (Wildman–Crippen LogP) is 3.40.